The van der Waals surface area contributed by atoms with E-state index in [0.717, 1.165) is 16.0 Å². The Bertz CT molecular complexity index is 1230. The van der Waals surface area contributed by atoms with E-state index < -0.39 is 18.4 Å². The molecule has 0 radical (unpaired) electrons. The van der Waals surface area contributed by atoms with Crippen LogP contribution >= 0.6 is 12.2 Å². The fraction of sp³-hybridized carbons (Fsp3) is 0.115. The predicted octanol–water partition coefficient (Wildman–Crippen LogP) is 3.99. The van der Waals surface area contributed by atoms with E-state index in [1.54, 1.807) is 24.3 Å². The van der Waals surface area contributed by atoms with Crippen molar-refractivity contribution < 1.29 is 24.2 Å². The zero-order valence-corrected chi connectivity index (χ0v) is 19.0. The van der Waals surface area contributed by atoms with E-state index in [0.29, 0.717) is 30.3 Å². The Morgan fingerprint density at radius 2 is 1.50 bits per heavy atom. The molecule has 0 saturated carbocycles. The van der Waals surface area contributed by atoms with Crippen molar-refractivity contribution in [2.24, 2.45) is 0 Å². The third-order valence-electron chi connectivity index (χ3n) is 5.01. The van der Waals surface area contributed by atoms with Gasteiger partial charge in [0.05, 0.1) is 0 Å². The Labute approximate surface area is 202 Å². The van der Waals surface area contributed by atoms with Gasteiger partial charge in [0.1, 0.15) is 25.5 Å². The van der Waals surface area contributed by atoms with Crippen molar-refractivity contribution in [1.29, 1.82) is 0 Å². The lowest BCUT2D eigenvalue weighted by atomic mass is 10.1. The van der Waals surface area contributed by atoms with Crippen LogP contribution in [-0.4, -0.2) is 33.5 Å². The number of benzene rings is 3. The second-order valence-corrected chi connectivity index (χ2v) is 7.91. The average molecular weight is 475 g/mol. The molecule has 1 fully saturated rings. The van der Waals surface area contributed by atoms with Gasteiger partial charge in [0.2, 0.25) is 0 Å². The third-order valence-corrected chi connectivity index (χ3v) is 5.33. The summed E-state index contributed by atoms with van der Waals surface area (Å²) in [5.74, 6) is -0.556. The van der Waals surface area contributed by atoms with Gasteiger partial charge in [-0.05, 0) is 47.1 Å². The number of hydrogen-bond acceptors (Lipinski definition) is 5. The molecule has 0 atom stereocenters. The first-order valence-electron chi connectivity index (χ1n) is 10.5. The summed E-state index contributed by atoms with van der Waals surface area (Å²) in [4.78, 5) is 24.6. The number of aliphatic carboxylic acids is 1. The minimum Gasteiger partial charge on any atom is -0.485 e. The number of thiocarbonyl (C=S) groups is 1. The van der Waals surface area contributed by atoms with Crippen LogP contribution in [0.5, 0.6) is 11.5 Å². The molecule has 0 spiro atoms. The number of ether oxygens (including phenoxy) is 2. The van der Waals surface area contributed by atoms with Crippen LogP contribution in [0.2, 0.25) is 0 Å². The number of nitrogens with zero attached hydrogens (tertiary/aromatic N) is 1. The largest absolute Gasteiger partial charge is 0.485 e. The lowest BCUT2D eigenvalue weighted by Crippen LogP contribution is -2.35. The summed E-state index contributed by atoms with van der Waals surface area (Å²) >= 11 is 5.10. The van der Waals surface area contributed by atoms with E-state index in [9.17, 15) is 9.59 Å². The van der Waals surface area contributed by atoms with Crippen molar-refractivity contribution in [3.8, 4) is 11.5 Å². The molecule has 34 heavy (non-hydrogen) atoms. The molecule has 1 aliphatic heterocycles. The minimum absolute atomic E-state index is 0.0574. The number of carbonyl (C=O) groups is 2. The van der Waals surface area contributed by atoms with Crippen molar-refractivity contribution in [1.82, 2.24) is 10.2 Å². The normalized spacial score (nSPS) is 14.2. The molecular formula is C26H22N2O5S. The van der Waals surface area contributed by atoms with Crippen LogP contribution < -0.4 is 14.8 Å². The van der Waals surface area contributed by atoms with Gasteiger partial charge in [-0.2, -0.15) is 0 Å². The van der Waals surface area contributed by atoms with Gasteiger partial charge in [-0.1, -0.05) is 66.7 Å². The molecule has 1 heterocycles. The van der Waals surface area contributed by atoms with E-state index in [1.807, 2.05) is 60.7 Å². The van der Waals surface area contributed by atoms with Gasteiger partial charge in [-0.3, -0.25) is 14.5 Å². The summed E-state index contributed by atoms with van der Waals surface area (Å²) in [5, 5.41) is 11.8. The van der Waals surface area contributed by atoms with E-state index in [2.05, 4.69) is 5.32 Å². The van der Waals surface area contributed by atoms with Crippen molar-refractivity contribution in [3.05, 3.63) is 101 Å². The maximum atomic E-state index is 12.6. The smallest absolute Gasteiger partial charge is 0.323 e. The molecule has 2 N–H and O–H groups in total. The topological polar surface area (TPSA) is 88.1 Å². The Hall–Kier alpha value is -4.17. The fourth-order valence-corrected chi connectivity index (χ4v) is 3.59. The second-order valence-electron chi connectivity index (χ2n) is 7.53. The molecule has 7 nitrogen and oxygen atoms in total. The van der Waals surface area contributed by atoms with Gasteiger partial charge in [-0.15, -0.1) is 0 Å². The predicted molar refractivity (Wildman–Crippen MR) is 131 cm³/mol. The highest BCUT2D eigenvalue weighted by atomic mass is 32.1. The lowest BCUT2D eigenvalue weighted by Gasteiger charge is -2.14. The maximum absolute atomic E-state index is 12.6. The molecule has 0 unspecified atom stereocenters. The average Bonchev–Trinajstić information content (AvgIpc) is 3.10. The van der Waals surface area contributed by atoms with Gasteiger partial charge in [0.25, 0.3) is 5.91 Å². The number of rotatable bonds is 9. The zero-order chi connectivity index (χ0) is 23.9. The van der Waals surface area contributed by atoms with E-state index >= 15 is 0 Å². The summed E-state index contributed by atoms with van der Waals surface area (Å²) in [6.07, 6.45) is 1.60. The Balaban J connectivity index is 1.57. The van der Waals surface area contributed by atoms with E-state index in [-0.39, 0.29) is 10.8 Å². The van der Waals surface area contributed by atoms with Crippen LogP contribution in [-0.2, 0) is 22.8 Å². The van der Waals surface area contributed by atoms with Crippen molar-refractivity contribution in [2.45, 2.75) is 13.2 Å². The first kappa shape index (κ1) is 23.0. The Morgan fingerprint density at radius 1 is 0.912 bits per heavy atom. The quantitative estimate of drug-likeness (QED) is 0.358. The Morgan fingerprint density at radius 3 is 2.09 bits per heavy atom. The molecule has 1 saturated heterocycles. The summed E-state index contributed by atoms with van der Waals surface area (Å²) in [5.41, 5.74) is 2.89. The molecule has 8 heteroatoms. The zero-order valence-electron chi connectivity index (χ0n) is 18.1. The molecule has 0 bridgehead atoms. The van der Waals surface area contributed by atoms with Gasteiger partial charge < -0.3 is 19.9 Å². The third kappa shape index (κ3) is 5.79. The molecule has 3 aromatic rings. The highest BCUT2D eigenvalue weighted by molar-refractivity contribution is 7.80. The molecule has 1 aliphatic rings. The van der Waals surface area contributed by atoms with Gasteiger partial charge in [0.15, 0.2) is 16.6 Å². The highest BCUT2D eigenvalue weighted by Crippen LogP contribution is 2.31. The van der Waals surface area contributed by atoms with Crippen LogP contribution in [0.3, 0.4) is 0 Å². The van der Waals surface area contributed by atoms with E-state index in [1.165, 1.54) is 0 Å². The molecule has 4 rings (SSSR count). The summed E-state index contributed by atoms with van der Waals surface area (Å²) in [6, 6.07) is 24.9. The minimum atomic E-state index is -1.14. The highest BCUT2D eigenvalue weighted by Gasteiger charge is 2.32. The van der Waals surface area contributed by atoms with Crippen LogP contribution in [0.15, 0.2) is 84.6 Å². The number of carbonyl (C=O) groups excluding carboxylic acids is 1. The van der Waals surface area contributed by atoms with Crippen LogP contribution in [0, 0.1) is 0 Å². The van der Waals surface area contributed by atoms with Gasteiger partial charge >= 0.3 is 5.97 Å². The first-order chi connectivity index (χ1) is 16.5. The molecular weight excluding hydrogens is 452 g/mol. The number of hydrogen-bond donors (Lipinski definition) is 2. The van der Waals surface area contributed by atoms with Crippen molar-refractivity contribution in [3.63, 3.8) is 0 Å². The Kier molecular flexibility index (Phi) is 7.19. The number of amides is 1. The van der Waals surface area contributed by atoms with Gasteiger partial charge in [0, 0.05) is 0 Å². The molecule has 3 aromatic carbocycles. The number of carboxylic acids is 1. The molecule has 0 aliphatic carbocycles. The molecule has 0 aromatic heterocycles. The lowest BCUT2D eigenvalue weighted by molar-refractivity contribution is -0.140. The van der Waals surface area contributed by atoms with E-state index in [4.69, 9.17) is 26.8 Å². The second kappa shape index (κ2) is 10.6. The van der Waals surface area contributed by atoms with Crippen LogP contribution in [0.4, 0.5) is 0 Å². The SMILES string of the molecule is O=C(O)CN1C(=O)/C(=C/c2ccc(OCc3ccccc3)c(OCc3ccccc3)c2)NC1=S. The monoisotopic (exact) mass is 474 g/mol. The molecule has 172 valence electrons. The standard InChI is InChI=1S/C26H22N2O5S/c29-24(30)15-28-25(31)21(27-26(28)34)13-20-11-12-22(32-16-18-7-3-1-4-8-18)23(14-20)33-17-19-9-5-2-6-10-19/h1-14H,15-17H2,(H,27,34)(H,29,30)/b21-13-. The van der Waals surface area contributed by atoms with Gasteiger partial charge in [-0.25, -0.2) is 0 Å². The van der Waals surface area contributed by atoms with Crippen molar-refractivity contribution in [2.75, 3.05) is 6.54 Å². The number of carboxylic acid groups (broad SMARTS) is 1. The summed E-state index contributed by atoms with van der Waals surface area (Å²) < 4.78 is 12.1. The summed E-state index contributed by atoms with van der Waals surface area (Å²) in [7, 11) is 0. The van der Waals surface area contributed by atoms with Crippen LogP contribution in [0.1, 0.15) is 16.7 Å². The maximum Gasteiger partial charge on any atom is 0.323 e. The fourth-order valence-electron chi connectivity index (χ4n) is 3.33. The molecule has 1 amide bonds. The van der Waals surface area contributed by atoms with Crippen molar-refractivity contribution >= 4 is 35.3 Å². The number of nitrogens with one attached hydrogen (secondary N) is 1. The first-order valence-corrected chi connectivity index (χ1v) is 10.9. The van der Waals surface area contributed by atoms with Crippen LogP contribution in [0.25, 0.3) is 6.08 Å². The summed E-state index contributed by atoms with van der Waals surface area (Å²) in [6.45, 7) is 0.220.